The van der Waals surface area contributed by atoms with Crippen molar-refractivity contribution < 1.29 is 14.7 Å². The van der Waals surface area contributed by atoms with Crippen molar-refractivity contribution in [3.63, 3.8) is 0 Å². The highest BCUT2D eigenvalue weighted by Gasteiger charge is 2.15. The van der Waals surface area contributed by atoms with E-state index in [2.05, 4.69) is 5.32 Å². The standard InChI is InChI=1S/C17H18N2O3/c1-18-16(21)13-9-7-12(8-10-13)11-19(2)17(22)14-5-3-4-6-15(14)20/h3-10,20H,11H2,1-2H3,(H,18,21). The van der Waals surface area contributed by atoms with E-state index in [-0.39, 0.29) is 23.1 Å². The fraction of sp³-hybridized carbons (Fsp3) is 0.176. The molecule has 0 fully saturated rings. The molecule has 5 heteroatoms. The predicted molar refractivity (Wildman–Crippen MR) is 83.7 cm³/mol. The van der Waals surface area contributed by atoms with Crippen LogP contribution in [0.5, 0.6) is 5.75 Å². The summed E-state index contributed by atoms with van der Waals surface area (Å²) >= 11 is 0. The smallest absolute Gasteiger partial charge is 0.257 e. The Morgan fingerprint density at radius 1 is 1.09 bits per heavy atom. The second kappa shape index (κ2) is 6.76. The van der Waals surface area contributed by atoms with E-state index in [1.165, 1.54) is 11.0 Å². The predicted octanol–water partition coefficient (Wildman–Crippen LogP) is 2.02. The summed E-state index contributed by atoms with van der Waals surface area (Å²) in [4.78, 5) is 25.3. The molecule has 2 aromatic rings. The van der Waals surface area contributed by atoms with Crippen molar-refractivity contribution in [2.24, 2.45) is 0 Å². The van der Waals surface area contributed by atoms with Crippen LogP contribution >= 0.6 is 0 Å². The lowest BCUT2D eigenvalue weighted by Gasteiger charge is -2.18. The van der Waals surface area contributed by atoms with E-state index in [0.29, 0.717) is 12.1 Å². The first kappa shape index (κ1) is 15.6. The number of phenolic OH excluding ortho intramolecular Hbond substituents is 1. The van der Waals surface area contributed by atoms with Crippen LogP contribution in [-0.2, 0) is 6.54 Å². The summed E-state index contributed by atoms with van der Waals surface area (Å²) in [6.45, 7) is 0.390. The van der Waals surface area contributed by atoms with Gasteiger partial charge in [0.2, 0.25) is 0 Å². The van der Waals surface area contributed by atoms with Crippen LogP contribution < -0.4 is 5.32 Å². The Balaban J connectivity index is 2.08. The molecule has 0 aliphatic rings. The number of benzene rings is 2. The first-order valence-electron chi connectivity index (χ1n) is 6.87. The minimum Gasteiger partial charge on any atom is -0.507 e. The molecular formula is C17H18N2O3. The molecule has 0 spiro atoms. The molecule has 0 heterocycles. The minimum atomic E-state index is -0.256. The Morgan fingerprint density at radius 3 is 2.32 bits per heavy atom. The minimum absolute atomic E-state index is 0.0330. The molecule has 0 aliphatic heterocycles. The SMILES string of the molecule is CNC(=O)c1ccc(CN(C)C(=O)c2ccccc2O)cc1. The normalized spacial score (nSPS) is 10.1. The quantitative estimate of drug-likeness (QED) is 0.907. The Morgan fingerprint density at radius 2 is 1.73 bits per heavy atom. The van der Waals surface area contributed by atoms with E-state index in [4.69, 9.17) is 0 Å². The zero-order chi connectivity index (χ0) is 16.1. The summed E-state index contributed by atoms with van der Waals surface area (Å²) < 4.78 is 0. The second-order valence-electron chi connectivity index (χ2n) is 4.95. The highest BCUT2D eigenvalue weighted by atomic mass is 16.3. The van der Waals surface area contributed by atoms with Crippen LogP contribution in [0.1, 0.15) is 26.3 Å². The molecule has 0 saturated heterocycles. The van der Waals surface area contributed by atoms with Crippen LogP contribution in [0.4, 0.5) is 0 Å². The van der Waals surface area contributed by atoms with Crippen molar-refractivity contribution in [1.29, 1.82) is 0 Å². The third-order valence-electron chi connectivity index (χ3n) is 3.34. The maximum atomic E-state index is 12.3. The van der Waals surface area contributed by atoms with Gasteiger partial charge < -0.3 is 15.3 Å². The van der Waals surface area contributed by atoms with Gasteiger partial charge in [-0.15, -0.1) is 0 Å². The number of rotatable bonds is 4. The van der Waals surface area contributed by atoms with E-state index < -0.39 is 0 Å². The van der Waals surface area contributed by atoms with Crippen molar-refractivity contribution in [2.75, 3.05) is 14.1 Å². The fourth-order valence-electron chi connectivity index (χ4n) is 2.11. The van der Waals surface area contributed by atoms with Crippen LogP contribution in [-0.4, -0.2) is 35.9 Å². The topological polar surface area (TPSA) is 69.6 Å². The van der Waals surface area contributed by atoms with E-state index in [9.17, 15) is 14.7 Å². The van der Waals surface area contributed by atoms with Crippen molar-refractivity contribution >= 4 is 11.8 Å². The lowest BCUT2D eigenvalue weighted by atomic mass is 10.1. The largest absolute Gasteiger partial charge is 0.507 e. The Hall–Kier alpha value is -2.82. The molecule has 2 rings (SSSR count). The monoisotopic (exact) mass is 298 g/mol. The van der Waals surface area contributed by atoms with Gasteiger partial charge in [0.1, 0.15) is 5.75 Å². The second-order valence-corrected chi connectivity index (χ2v) is 4.95. The van der Waals surface area contributed by atoms with E-state index in [1.807, 2.05) is 0 Å². The number of carbonyl (C=O) groups excluding carboxylic acids is 2. The van der Waals surface area contributed by atoms with Gasteiger partial charge in [-0.25, -0.2) is 0 Å². The zero-order valence-corrected chi connectivity index (χ0v) is 12.5. The molecule has 5 nitrogen and oxygen atoms in total. The maximum Gasteiger partial charge on any atom is 0.257 e. The van der Waals surface area contributed by atoms with Crippen molar-refractivity contribution in [2.45, 2.75) is 6.54 Å². The number of hydrogen-bond acceptors (Lipinski definition) is 3. The first-order chi connectivity index (χ1) is 10.5. The molecule has 2 N–H and O–H groups in total. The zero-order valence-electron chi connectivity index (χ0n) is 12.5. The molecule has 0 aliphatic carbocycles. The van der Waals surface area contributed by atoms with Gasteiger partial charge in [-0.05, 0) is 29.8 Å². The summed E-state index contributed by atoms with van der Waals surface area (Å²) in [5.74, 6) is -0.437. The number of nitrogens with zero attached hydrogens (tertiary/aromatic N) is 1. The van der Waals surface area contributed by atoms with Gasteiger partial charge in [0.05, 0.1) is 5.56 Å². The Labute approximate surface area is 129 Å². The lowest BCUT2D eigenvalue weighted by Crippen LogP contribution is -2.26. The maximum absolute atomic E-state index is 12.3. The van der Waals surface area contributed by atoms with Gasteiger partial charge in [0.15, 0.2) is 0 Å². The van der Waals surface area contributed by atoms with Gasteiger partial charge >= 0.3 is 0 Å². The number of nitrogens with one attached hydrogen (secondary N) is 1. The van der Waals surface area contributed by atoms with E-state index in [0.717, 1.165) is 5.56 Å². The van der Waals surface area contributed by atoms with Gasteiger partial charge in [-0.2, -0.15) is 0 Å². The van der Waals surface area contributed by atoms with Crippen molar-refractivity contribution in [1.82, 2.24) is 10.2 Å². The average molecular weight is 298 g/mol. The van der Waals surface area contributed by atoms with Crippen molar-refractivity contribution in [3.8, 4) is 5.75 Å². The number of amides is 2. The Bertz CT molecular complexity index is 681. The van der Waals surface area contributed by atoms with Gasteiger partial charge in [0, 0.05) is 26.2 Å². The summed E-state index contributed by atoms with van der Waals surface area (Å²) in [7, 11) is 3.25. The number of hydrogen-bond donors (Lipinski definition) is 2. The third kappa shape index (κ3) is 3.44. The summed E-state index contributed by atoms with van der Waals surface area (Å²) in [5.41, 5.74) is 1.74. The van der Waals surface area contributed by atoms with Crippen LogP contribution in [0, 0.1) is 0 Å². The number of para-hydroxylation sites is 1. The molecule has 0 saturated carbocycles. The number of phenols is 1. The highest BCUT2D eigenvalue weighted by molar-refractivity contribution is 5.96. The molecule has 0 unspecified atom stereocenters. The fourth-order valence-corrected chi connectivity index (χ4v) is 2.11. The summed E-state index contributed by atoms with van der Waals surface area (Å²) in [6, 6.07) is 13.5. The molecule has 2 aromatic carbocycles. The van der Waals surface area contributed by atoms with E-state index in [1.54, 1.807) is 56.6 Å². The van der Waals surface area contributed by atoms with Crippen LogP contribution in [0.15, 0.2) is 48.5 Å². The van der Waals surface area contributed by atoms with E-state index >= 15 is 0 Å². The molecule has 0 radical (unpaired) electrons. The van der Waals surface area contributed by atoms with Crippen LogP contribution in [0.25, 0.3) is 0 Å². The molecule has 2 amide bonds. The number of aromatic hydroxyl groups is 1. The highest BCUT2D eigenvalue weighted by Crippen LogP contribution is 2.18. The van der Waals surface area contributed by atoms with Crippen LogP contribution in [0.3, 0.4) is 0 Å². The third-order valence-corrected chi connectivity index (χ3v) is 3.34. The number of carbonyl (C=O) groups is 2. The first-order valence-corrected chi connectivity index (χ1v) is 6.87. The van der Waals surface area contributed by atoms with Crippen molar-refractivity contribution in [3.05, 3.63) is 65.2 Å². The summed E-state index contributed by atoms with van der Waals surface area (Å²) in [6.07, 6.45) is 0. The molecule has 0 bridgehead atoms. The molecular weight excluding hydrogens is 280 g/mol. The average Bonchev–Trinajstić information content (AvgIpc) is 2.54. The summed E-state index contributed by atoms with van der Waals surface area (Å²) in [5, 5.41) is 12.3. The Kier molecular flexibility index (Phi) is 4.78. The molecule has 22 heavy (non-hydrogen) atoms. The molecule has 114 valence electrons. The molecule has 0 aromatic heterocycles. The lowest BCUT2D eigenvalue weighted by molar-refractivity contribution is 0.0781. The van der Waals surface area contributed by atoms with Gasteiger partial charge in [-0.1, -0.05) is 24.3 Å². The van der Waals surface area contributed by atoms with Gasteiger partial charge in [0.25, 0.3) is 11.8 Å². The van der Waals surface area contributed by atoms with Gasteiger partial charge in [-0.3, -0.25) is 9.59 Å². The van der Waals surface area contributed by atoms with Crippen LogP contribution in [0.2, 0.25) is 0 Å². The molecule has 0 atom stereocenters.